The Morgan fingerprint density at radius 1 is 1.03 bits per heavy atom. The minimum atomic E-state index is -0.380. The molecule has 3 aromatic rings. The van der Waals surface area contributed by atoms with Crippen molar-refractivity contribution in [2.45, 2.75) is 64.2 Å². The van der Waals surface area contributed by atoms with E-state index in [1.54, 1.807) is 6.92 Å². The normalized spacial score (nSPS) is 14.8. The fraction of sp³-hybridized carbons (Fsp3) is 0.387. The van der Waals surface area contributed by atoms with Gasteiger partial charge >= 0.3 is 5.97 Å². The Balaban J connectivity index is 1.43. The number of nitrogens with one attached hydrogen (secondary N) is 2. The zero-order chi connectivity index (χ0) is 28.0. The Morgan fingerprint density at radius 3 is 2.51 bits per heavy atom. The van der Waals surface area contributed by atoms with Crippen LogP contribution in [-0.2, 0) is 27.2 Å². The molecule has 2 amide bonds. The van der Waals surface area contributed by atoms with Crippen LogP contribution in [0.25, 0.3) is 0 Å². The Hall–Kier alpha value is -3.10. The summed E-state index contributed by atoms with van der Waals surface area (Å²) in [4.78, 5) is 40.2. The maximum Gasteiger partial charge on any atom is 0.341 e. The first-order chi connectivity index (χ1) is 18.6. The smallest absolute Gasteiger partial charge is 0.341 e. The van der Waals surface area contributed by atoms with Crippen LogP contribution in [0.3, 0.4) is 0 Å². The number of carbonyl (C=O) groups is 3. The van der Waals surface area contributed by atoms with Crippen LogP contribution in [0.15, 0.2) is 59.5 Å². The Bertz CT molecular complexity index is 1330. The van der Waals surface area contributed by atoms with Gasteiger partial charge in [-0.2, -0.15) is 0 Å². The number of anilines is 2. The molecule has 1 aromatic heterocycles. The van der Waals surface area contributed by atoms with Crippen molar-refractivity contribution < 1.29 is 19.1 Å². The molecule has 0 spiro atoms. The number of hydrogen-bond donors (Lipinski definition) is 2. The van der Waals surface area contributed by atoms with Gasteiger partial charge in [0, 0.05) is 21.9 Å². The van der Waals surface area contributed by atoms with Crippen LogP contribution in [0.4, 0.5) is 10.7 Å². The van der Waals surface area contributed by atoms with Crippen molar-refractivity contribution in [3.05, 3.63) is 76.2 Å². The number of hydrogen-bond acceptors (Lipinski definition) is 6. The van der Waals surface area contributed by atoms with Crippen LogP contribution in [0.2, 0.25) is 0 Å². The third kappa shape index (κ3) is 7.96. The number of carbonyl (C=O) groups excluding carboxylic acids is 3. The molecule has 1 aliphatic rings. The summed E-state index contributed by atoms with van der Waals surface area (Å²) >= 11 is 2.87. The topological polar surface area (TPSA) is 84.5 Å². The summed E-state index contributed by atoms with van der Waals surface area (Å²) in [5, 5.41) is 6.50. The van der Waals surface area contributed by atoms with Gasteiger partial charge in [-0.15, -0.1) is 23.1 Å². The SMILES string of the molecule is CCOC(=O)c1c(NC(=O)CSc2cccc(NC(=O)CC(C)(C)C)c2)sc2c1CCC(c1ccccc1)C2. The van der Waals surface area contributed by atoms with Crippen LogP contribution in [0, 0.1) is 5.41 Å². The van der Waals surface area contributed by atoms with E-state index < -0.39 is 0 Å². The number of ether oxygens (including phenoxy) is 1. The van der Waals surface area contributed by atoms with Gasteiger partial charge < -0.3 is 15.4 Å². The van der Waals surface area contributed by atoms with Gasteiger partial charge in [0.2, 0.25) is 11.8 Å². The summed E-state index contributed by atoms with van der Waals surface area (Å²) in [5.41, 5.74) is 3.42. The fourth-order valence-corrected chi connectivity index (χ4v) is 6.85. The average molecular weight is 565 g/mol. The van der Waals surface area contributed by atoms with E-state index in [9.17, 15) is 14.4 Å². The van der Waals surface area contributed by atoms with Gasteiger partial charge in [-0.3, -0.25) is 9.59 Å². The summed E-state index contributed by atoms with van der Waals surface area (Å²) in [7, 11) is 0. The first-order valence-electron chi connectivity index (χ1n) is 13.3. The van der Waals surface area contributed by atoms with Gasteiger partial charge in [0.1, 0.15) is 5.00 Å². The quantitative estimate of drug-likeness (QED) is 0.210. The van der Waals surface area contributed by atoms with Gasteiger partial charge in [-0.05, 0) is 66.8 Å². The minimum absolute atomic E-state index is 0.0370. The van der Waals surface area contributed by atoms with E-state index >= 15 is 0 Å². The molecule has 0 aliphatic heterocycles. The number of thioether (sulfide) groups is 1. The highest BCUT2D eigenvalue weighted by Gasteiger charge is 2.31. The Labute approximate surface area is 238 Å². The van der Waals surface area contributed by atoms with Gasteiger partial charge in [-0.1, -0.05) is 57.2 Å². The highest BCUT2D eigenvalue weighted by molar-refractivity contribution is 8.00. The number of rotatable bonds is 9. The molecule has 1 aliphatic carbocycles. The van der Waals surface area contributed by atoms with E-state index in [2.05, 4.69) is 34.9 Å². The van der Waals surface area contributed by atoms with Crippen molar-refractivity contribution in [1.82, 2.24) is 0 Å². The maximum absolute atomic E-state index is 13.0. The molecule has 2 N–H and O–H groups in total. The second-order valence-corrected chi connectivity index (χ2v) is 13.1. The molecule has 1 atom stereocenters. The highest BCUT2D eigenvalue weighted by Crippen LogP contribution is 2.43. The summed E-state index contributed by atoms with van der Waals surface area (Å²) < 4.78 is 5.37. The van der Waals surface area contributed by atoms with Crippen molar-refractivity contribution in [2.75, 3.05) is 23.0 Å². The van der Waals surface area contributed by atoms with Crippen molar-refractivity contribution >= 4 is 51.6 Å². The lowest BCUT2D eigenvalue weighted by atomic mass is 9.83. The molecule has 206 valence electrons. The molecule has 1 unspecified atom stereocenters. The zero-order valence-corrected chi connectivity index (χ0v) is 24.6. The standard InChI is InChI=1S/C31H36N2O4S2/c1-5-37-30(36)28-24-15-14-21(20-10-7-6-8-11-20)16-25(24)39-29(28)33-27(35)19-38-23-13-9-12-22(17-23)32-26(34)18-31(2,3)4/h6-13,17,21H,5,14-16,18-19H2,1-4H3,(H,32,34)(H,33,35). The molecular formula is C31H36N2O4S2. The van der Waals surface area contributed by atoms with Crippen molar-refractivity contribution in [2.24, 2.45) is 5.41 Å². The summed E-state index contributed by atoms with van der Waals surface area (Å²) in [6.45, 7) is 8.14. The molecule has 0 saturated carbocycles. The van der Waals surface area contributed by atoms with Gasteiger partial charge in [0.15, 0.2) is 0 Å². The first-order valence-corrected chi connectivity index (χ1v) is 15.1. The molecule has 8 heteroatoms. The summed E-state index contributed by atoms with van der Waals surface area (Å²) in [5.74, 6) is -0.0369. The highest BCUT2D eigenvalue weighted by atomic mass is 32.2. The van der Waals surface area contributed by atoms with E-state index in [4.69, 9.17) is 4.74 Å². The monoisotopic (exact) mass is 564 g/mol. The molecule has 1 heterocycles. The maximum atomic E-state index is 13.0. The van der Waals surface area contributed by atoms with Crippen LogP contribution < -0.4 is 10.6 Å². The molecule has 6 nitrogen and oxygen atoms in total. The van der Waals surface area contributed by atoms with E-state index in [0.29, 0.717) is 28.6 Å². The van der Waals surface area contributed by atoms with Crippen molar-refractivity contribution in [3.8, 4) is 0 Å². The average Bonchev–Trinajstić information content (AvgIpc) is 3.24. The predicted molar refractivity (Wildman–Crippen MR) is 160 cm³/mol. The van der Waals surface area contributed by atoms with Crippen LogP contribution in [0.5, 0.6) is 0 Å². The molecular weight excluding hydrogens is 528 g/mol. The number of esters is 1. The molecule has 0 saturated heterocycles. The molecule has 0 fully saturated rings. The largest absolute Gasteiger partial charge is 0.462 e. The van der Waals surface area contributed by atoms with E-state index in [1.165, 1.54) is 28.7 Å². The third-order valence-electron chi connectivity index (χ3n) is 6.45. The number of fused-ring (bicyclic) bond motifs is 1. The Morgan fingerprint density at radius 2 is 1.79 bits per heavy atom. The number of amides is 2. The lowest BCUT2D eigenvalue weighted by molar-refractivity contribution is -0.118. The fourth-order valence-electron chi connectivity index (χ4n) is 4.76. The number of benzene rings is 2. The summed E-state index contributed by atoms with van der Waals surface area (Å²) in [6, 6.07) is 17.9. The predicted octanol–water partition coefficient (Wildman–Crippen LogP) is 7.30. The third-order valence-corrected chi connectivity index (χ3v) is 8.61. The van der Waals surface area contributed by atoms with Crippen LogP contribution in [0.1, 0.15) is 72.8 Å². The second kappa shape index (κ2) is 12.8. The van der Waals surface area contributed by atoms with Gasteiger partial charge in [0.05, 0.1) is 17.9 Å². The van der Waals surface area contributed by atoms with E-state index in [1.807, 2.05) is 51.1 Å². The minimum Gasteiger partial charge on any atom is -0.462 e. The molecule has 0 radical (unpaired) electrons. The molecule has 39 heavy (non-hydrogen) atoms. The first kappa shape index (κ1) is 28.9. The lowest BCUT2D eigenvalue weighted by Crippen LogP contribution is -2.19. The zero-order valence-electron chi connectivity index (χ0n) is 23.0. The molecule has 0 bridgehead atoms. The van der Waals surface area contributed by atoms with Gasteiger partial charge in [-0.25, -0.2) is 4.79 Å². The number of thiophene rings is 1. The van der Waals surface area contributed by atoms with Gasteiger partial charge in [0.25, 0.3) is 0 Å². The Kier molecular flexibility index (Phi) is 9.51. The summed E-state index contributed by atoms with van der Waals surface area (Å²) in [6.07, 6.45) is 2.99. The van der Waals surface area contributed by atoms with Crippen molar-refractivity contribution in [1.29, 1.82) is 0 Å². The van der Waals surface area contributed by atoms with Crippen LogP contribution >= 0.6 is 23.1 Å². The van der Waals surface area contributed by atoms with Crippen molar-refractivity contribution in [3.63, 3.8) is 0 Å². The second-order valence-electron chi connectivity index (χ2n) is 10.9. The molecule has 4 rings (SSSR count). The van der Waals surface area contributed by atoms with Crippen LogP contribution in [-0.4, -0.2) is 30.1 Å². The van der Waals surface area contributed by atoms with E-state index in [-0.39, 0.29) is 35.6 Å². The lowest BCUT2D eigenvalue weighted by Gasteiger charge is -2.23. The molecule has 2 aromatic carbocycles. The van der Waals surface area contributed by atoms with E-state index in [0.717, 1.165) is 34.6 Å².